The van der Waals surface area contributed by atoms with Gasteiger partial charge in [0.1, 0.15) is 5.75 Å². The first kappa shape index (κ1) is 21.6. The molecule has 0 radical (unpaired) electrons. The second kappa shape index (κ2) is 13.5. The van der Waals surface area contributed by atoms with Gasteiger partial charge in [0.25, 0.3) is 0 Å². The summed E-state index contributed by atoms with van der Waals surface area (Å²) in [5.41, 5.74) is 1.64. The topological polar surface area (TPSA) is 71.2 Å². The van der Waals surface area contributed by atoms with Gasteiger partial charge in [-0.25, -0.2) is 0 Å². The van der Waals surface area contributed by atoms with Crippen molar-refractivity contribution in [2.75, 3.05) is 6.61 Å². The van der Waals surface area contributed by atoms with Crippen molar-refractivity contribution in [3.63, 3.8) is 0 Å². The summed E-state index contributed by atoms with van der Waals surface area (Å²) in [5, 5.41) is 17.0. The molecule has 0 aromatic heterocycles. The van der Waals surface area contributed by atoms with Gasteiger partial charge in [0.15, 0.2) is 0 Å². The van der Waals surface area contributed by atoms with Crippen LogP contribution in [0, 0.1) is 0 Å². The van der Waals surface area contributed by atoms with E-state index in [-0.39, 0.29) is 0 Å². The molecular formula is C23H30N2O3. The Hall–Kier alpha value is -2.69. The number of azo groups is 1. The Labute approximate surface area is 167 Å². The number of carboxylic acids is 1. The predicted molar refractivity (Wildman–Crippen MR) is 112 cm³/mol. The molecule has 150 valence electrons. The molecule has 2 aromatic carbocycles. The monoisotopic (exact) mass is 382 g/mol. The third kappa shape index (κ3) is 9.86. The Kier molecular flexibility index (Phi) is 10.4. The van der Waals surface area contributed by atoms with Crippen LogP contribution in [-0.4, -0.2) is 17.7 Å². The second-order valence-corrected chi connectivity index (χ2v) is 6.85. The Morgan fingerprint density at radius 1 is 0.714 bits per heavy atom. The molecule has 0 heterocycles. The molecular weight excluding hydrogens is 352 g/mol. The number of rotatable bonds is 14. The third-order valence-electron chi connectivity index (χ3n) is 4.43. The minimum Gasteiger partial charge on any atom is -0.494 e. The van der Waals surface area contributed by atoms with Gasteiger partial charge >= 0.3 is 5.97 Å². The second-order valence-electron chi connectivity index (χ2n) is 6.85. The highest BCUT2D eigenvalue weighted by Crippen LogP contribution is 2.21. The molecule has 0 unspecified atom stereocenters. The number of hydrogen-bond acceptors (Lipinski definition) is 4. The number of nitrogens with zero attached hydrogens (tertiary/aromatic N) is 2. The number of carboxylic acid groups (broad SMARTS) is 1. The highest BCUT2D eigenvalue weighted by Gasteiger charge is 1.98. The molecule has 0 spiro atoms. The average molecular weight is 383 g/mol. The van der Waals surface area contributed by atoms with E-state index in [1.807, 2.05) is 54.6 Å². The first-order valence-electron chi connectivity index (χ1n) is 10.2. The fourth-order valence-corrected chi connectivity index (χ4v) is 2.85. The largest absolute Gasteiger partial charge is 0.494 e. The summed E-state index contributed by atoms with van der Waals surface area (Å²) in [7, 11) is 0. The lowest BCUT2D eigenvalue weighted by Gasteiger charge is -2.06. The van der Waals surface area contributed by atoms with Crippen LogP contribution < -0.4 is 4.74 Å². The minimum atomic E-state index is -0.689. The summed E-state index contributed by atoms with van der Waals surface area (Å²) >= 11 is 0. The summed E-state index contributed by atoms with van der Waals surface area (Å²) in [4.78, 5) is 10.4. The molecule has 5 nitrogen and oxygen atoms in total. The van der Waals surface area contributed by atoms with E-state index in [1.165, 1.54) is 25.7 Å². The molecule has 1 N–H and O–H groups in total. The fourth-order valence-electron chi connectivity index (χ4n) is 2.85. The van der Waals surface area contributed by atoms with Crippen molar-refractivity contribution in [3.05, 3.63) is 54.6 Å². The lowest BCUT2D eigenvalue weighted by Crippen LogP contribution is -1.97. The molecule has 0 atom stereocenters. The number of ether oxygens (including phenoxy) is 1. The molecule has 0 aliphatic carbocycles. The summed E-state index contributed by atoms with van der Waals surface area (Å²) < 4.78 is 5.78. The zero-order chi connectivity index (χ0) is 19.9. The van der Waals surface area contributed by atoms with E-state index in [0.717, 1.165) is 49.4 Å². The minimum absolute atomic E-state index is 0.300. The van der Waals surface area contributed by atoms with Crippen molar-refractivity contribution in [2.45, 2.75) is 57.8 Å². The Bertz CT molecular complexity index is 700. The van der Waals surface area contributed by atoms with E-state index in [9.17, 15) is 4.79 Å². The van der Waals surface area contributed by atoms with E-state index in [1.54, 1.807) is 0 Å². The quantitative estimate of drug-likeness (QED) is 0.280. The molecule has 2 aromatic rings. The molecule has 0 saturated carbocycles. The van der Waals surface area contributed by atoms with Crippen molar-refractivity contribution < 1.29 is 14.6 Å². The Morgan fingerprint density at radius 2 is 1.25 bits per heavy atom. The van der Waals surface area contributed by atoms with Crippen molar-refractivity contribution in [2.24, 2.45) is 10.2 Å². The Morgan fingerprint density at radius 3 is 1.86 bits per heavy atom. The number of carbonyl (C=O) groups is 1. The van der Waals surface area contributed by atoms with Gasteiger partial charge in [-0.1, -0.05) is 56.7 Å². The number of aliphatic carboxylic acids is 1. The van der Waals surface area contributed by atoms with Crippen LogP contribution in [0.2, 0.25) is 0 Å². The van der Waals surface area contributed by atoms with Crippen LogP contribution in [0.5, 0.6) is 5.75 Å². The molecule has 0 aliphatic heterocycles. The first-order chi connectivity index (χ1) is 13.7. The molecule has 0 fully saturated rings. The highest BCUT2D eigenvalue weighted by molar-refractivity contribution is 5.66. The third-order valence-corrected chi connectivity index (χ3v) is 4.43. The fraction of sp³-hybridized carbons (Fsp3) is 0.435. The van der Waals surface area contributed by atoms with Crippen molar-refractivity contribution in [1.82, 2.24) is 0 Å². The predicted octanol–water partition coefficient (Wildman–Crippen LogP) is 7.08. The van der Waals surface area contributed by atoms with Gasteiger partial charge in [-0.15, -0.1) is 0 Å². The van der Waals surface area contributed by atoms with Gasteiger partial charge in [-0.3, -0.25) is 4.79 Å². The van der Waals surface area contributed by atoms with Gasteiger partial charge < -0.3 is 9.84 Å². The summed E-state index contributed by atoms with van der Waals surface area (Å²) in [6.45, 7) is 0.726. The van der Waals surface area contributed by atoms with Gasteiger partial charge in [0.2, 0.25) is 0 Å². The lowest BCUT2D eigenvalue weighted by molar-refractivity contribution is -0.137. The van der Waals surface area contributed by atoms with Crippen LogP contribution in [0.3, 0.4) is 0 Å². The van der Waals surface area contributed by atoms with E-state index in [2.05, 4.69) is 10.2 Å². The molecule has 0 aliphatic rings. The number of benzene rings is 2. The summed E-state index contributed by atoms with van der Waals surface area (Å²) in [5.74, 6) is 0.170. The smallest absolute Gasteiger partial charge is 0.303 e. The van der Waals surface area contributed by atoms with Crippen molar-refractivity contribution in [1.29, 1.82) is 0 Å². The molecule has 0 bridgehead atoms. The van der Waals surface area contributed by atoms with Gasteiger partial charge in [-0.2, -0.15) is 10.2 Å². The van der Waals surface area contributed by atoms with Crippen LogP contribution in [0.4, 0.5) is 11.4 Å². The van der Waals surface area contributed by atoms with Crippen LogP contribution in [0.25, 0.3) is 0 Å². The maximum atomic E-state index is 10.4. The van der Waals surface area contributed by atoms with Crippen LogP contribution in [0.15, 0.2) is 64.8 Å². The maximum Gasteiger partial charge on any atom is 0.303 e. The van der Waals surface area contributed by atoms with E-state index in [0.29, 0.717) is 6.42 Å². The zero-order valence-corrected chi connectivity index (χ0v) is 16.4. The van der Waals surface area contributed by atoms with E-state index < -0.39 is 5.97 Å². The molecule has 28 heavy (non-hydrogen) atoms. The van der Waals surface area contributed by atoms with E-state index in [4.69, 9.17) is 9.84 Å². The lowest BCUT2D eigenvalue weighted by atomic mass is 10.1. The molecule has 2 rings (SSSR count). The first-order valence-corrected chi connectivity index (χ1v) is 10.2. The van der Waals surface area contributed by atoms with Crippen molar-refractivity contribution >= 4 is 17.3 Å². The molecule has 0 amide bonds. The number of hydrogen-bond donors (Lipinski definition) is 1. The normalized spacial score (nSPS) is 11.0. The van der Waals surface area contributed by atoms with E-state index >= 15 is 0 Å². The van der Waals surface area contributed by atoms with Crippen LogP contribution >= 0.6 is 0 Å². The maximum absolute atomic E-state index is 10.4. The standard InChI is InChI=1S/C23H30N2O3/c26-23(27)14-10-5-3-1-2-4-6-11-19-28-22-17-15-21(16-18-22)25-24-20-12-8-7-9-13-20/h7-9,12-13,15-18H,1-6,10-11,14,19H2,(H,26,27). The average Bonchev–Trinajstić information content (AvgIpc) is 2.72. The zero-order valence-electron chi connectivity index (χ0n) is 16.4. The van der Waals surface area contributed by atoms with Crippen LogP contribution in [-0.2, 0) is 4.79 Å². The molecule has 0 saturated heterocycles. The van der Waals surface area contributed by atoms with Crippen LogP contribution in [0.1, 0.15) is 57.8 Å². The SMILES string of the molecule is O=C(O)CCCCCCCCCCOc1ccc(N=Nc2ccccc2)cc1. The number of unbranched alkanes of at least 4 members (excludes halogenated alkanes) is 7. The summed E-state index contributed by atoms with van der Waals surface area (Å²) in [6.07, 6.45) is 9.10. The molecule has 5 heteroatoms. The summed E-state index contributed by atoms with van der Waals surface area (Å²) in [6, 6.07) is 17.3. The van der Waals surface area contributed by atoms with Gasteiger partial charge in [-0.05, 0) is 49.2 Å². The highest BCUT2D eigenvalue weighted by atomic mass is 16.5. The van der Waals surface area contributed by atoms with Crippen molar-refractivity contribution in [3.8, 4) is 5.75 Å². The van der Waals surface area contributed by atoms with Gasteiger partial charge in [0, 0.05) is 6.42 Å². The van der Waals surface area contributed by atoms with Gasteiger partial charge in [0.05, 0.1) is 18.0 Å². The Balaban J connectivity index is 1.50.